The number of aryl methyl sites for hydroxylation is 1. The molecule has 5 nitrogen and oxygen atoms in total. The molecule has 0 radical (unpaired) electrons. The first-order valence-electron chi connectivity index (χ1n) is 8.99. The third kappa shape index (κ3) is 6.83. The van der Waals surface area contributed by atoms with Crippen LogP contribution in [0.1, 0.15) is 31.0 Å². The van der Waals surface area contributed by atoms with Gasteiger partial charge in [-0.05, 0) is 49.7 Å². The van der Waals surface area contributed by atoms with E-state index in [1.54, 1.807) is 18.0 Å². The predicted octanol–water partition coefficient (Wildman–Crippen LogP) is 3.14. The van der Waals surface area contributed by atoms with Gasteiger partial charge in [0.25, 0.3) is 0 Å². The van der Waals surface area contributed by atoms with Crippen molar-refractivity contribution in [2.75, 3.05) is 25.5 Å². The third-order valence-corrected chi connectivity index (χ3v) is 4.20. The summed E-state index contributed by atoms with van der Waals surface area (Å²) in [5, 5.41) is 5.55. The topological polar surface area (TPSA) is 61.4 Å². The van der Waals surface area contributed by atoms with Crippen molar-refractivity contribution in [3.8, 4) is 0 Å². The minimum Gasteiger partial charge on any atom is -0.348 e. The van der Waals surface area contributed by atoms with Crippen LogP contribution in [0.2, 0.25) is 0 Å². The van der Waals surface area contributed by atoms with Gasteiger partial charge in [-0.3, -0.25) is 14.5 Å². The first kappa shape index (κ1) is 20.6. The molecule has 27 heavy (non-hydrogen) atoms. The molecule has 1 unspecified atom stereocenters. The second kappa shape index (κ2) is 9.83. The van der Waals surface area contributed by atoms with Crippen LogP contribution >= 0.6 is 0 Å². The maximum Gasteiger partial charge on any atom is 0.238 e. The van der Waals surface area contributed by atoms with Crippen molar-refractivity contribution in [3.05, 3.63) is 65.5 Å². The lowest BCUT2D eigenvalue weighted by Crippen LogP contribution is -2.39. The fourth-order valence-electron chi connectivity index (χ4n) is 2.73. The third-order valence-electron chi connectivity index (χ3n) is 4.20. The molecule has 0 aliphatic rings. The van der Waals surface area contributed by atoms with E-state index >= 15 is 0 Å². The Kier molecular flexibility index (Phi) is 7.49. The van der Waals surface area contributed by atoms with Crippen LogP contribution in [0.5, 0.6) is 0 Å². The van der Waals surface area contributed by atoms with E-state index in [9.17, 15) is 14.0 Å². The minimum absolute atomic E-state index is 0.0313. The lowest BCUT2D eigenvalue weighted by molar-refractivity contribution is -0.123. The highest BCUT2D eigenvalue weighted by atomic mass is 19.1. The normalized spacial score (nSPS) is 11.9. The monoisotopic (exact) mass is 371 g/mol. The Morgan fingerprint density at radius 3 is 2.37 bits per heavy atom. The molecule has 0 aromatic heterocycles. The molecule has 0 aliphatic heterocycles. The van der Waals surface area contributed by atoms with Gasteiger partial charge in [-0.15, -0.1) is 0 Å². The average Bonchev–Trinajstić information content (AvgIpc) is 2.61. The summed E-state index contributed by atoms with van der Waals surface area (Å²) in [4.78, 5) is 25.8. The molecule has 0 fully saturated rings. The zero-order chi connectivity index (χ0) is 19.8. The van der Waals surface area contributed by atoms with E-state index < -0.39 is 5.82 Å². The van der Waals surface area contributed by atoms with Crippen LogP contribution in [-0.2, 0) is 16.0 Å². The Morgan fingerprint density at radius 2 is 1.74 bits per heavy atom. The van der Waals surface area contributed by atoms with Crippen LogP contribution in [0, 0.1) is 5.82 Å². The van der Waals surface area contributed by atoms with Gasteiger partial charge >= 0.3 is 0 Å². The summed E-state index contributed by atoms with van der Waals surface area (Å²) < 4.78 is 13.1. The molecule has 0 spiro atoms. The van der Waals surface area contributed by atoms with Gasteiger partial charge in [0.1, 0.15) is 5.82 Å². The highest BCUT2D eigenvalue weighted by Crippen LogP contribution is 2.13. The number of hydrogen-bond donors (Lipinski definition) is 2. The van der Waals surface area contributed by atoms with Crippen LogP contribution < -0.4 is 10.6 Å². The summed E-state index contributed by atoms with van der Waals surface area (Å²) in [7, 11) is 1.69. The van der Waals surface area contributed by atoms with E-state index in [2.05, 4.69) is 29.7 Å². The summed E-state index contributed by atoms with van der Waals surface area (Å²) in [5.41, 5.74) is 2.68. The maximum absolute atomic E-state index is 13.1. The van der Waals surface area contributed by atoms with Gasteiger partial charge in [0, 0.05) is 5.69 Å². The largest absolute Gasteiger partial charge is 0.348 e. The van der Waals surface area contributed by atoms with E-state index in [0.717, 1.165) is 12.0 Å². The van der Waals surface area contributed by atoms with Crippen LogP contribution in [0.25, 0.3) is 0 Å². The Labute approximate surface area is 159 Å². The molecular weight excluding hydrogens is 345 g/mol. The van der Waals surface area contributed by atoms with E-state index in [1.807, 2.05) is 19.1 Å². The van der Waals surface area contributed by atoms with E-state index in [-0.39, 0.29) is 30.9 Å². The Hall–Kier alpha value is -2.73. The summed E-state index contributed by atoms with van der Waals surface area (Å²) in [6.45, 7) is 4.15. The molecule has 0 bridgehead atoms. The predicted molar refractivity (Wildman–Crippen MR) is 105 cm³/mol. The lowest BCUT2D eigenvalue weighted by atomic mass is 10.1. The maximum atomic E-state index is 13.1. The van der Waals surface area contributed by atoms with Gasteiger partial charge < -0.3 is 10.6 Å². The molecule has 2 aromatic rings. The summed E-state index contributed by atoms with van der Waals surface area (Å²) in [6.07, 6.45) is 0.976. The smallest absolute Gasteiger partial charge is 0.238 e. The first-order valence-corrected chi connectivity index (χ1v) is 8.99. The number of benzene rings is 2. The molecule has 144 valence electrons. The molecule has 2 rings (SSSR count). The minimum atomic E-state index is -0.415. The number of nitrogens with zero attached hydrogens (tertiary/aromatic N) is 1. The zero-order valence-corrected chi connectivity index (χ0v) is 16.0. The second-order valence-corrected chi connectivity index (χ2v) is 6.62. The molecule has 2 aromatic carbocycles. The number of amides is 2. The zero-order valence-electron chi connectivity index (χ0n) is 16.0. The van der Waals surface area contributed by atoms with Crippen LogP contribution in [0.15, 0.2) is 48.5 Å². The number of halogens is 1. The highest BCUT2D eigenvalue weighted by Gasteiger charge is 2.14. The van der Waals surface area contributed by atoms with Gasteiger partial charge in [-0.2, -0.15) is 0 Å². The number of nitrogens with one attached hydrogen (secondary N) is 2. The molecule has 2 N–H and O–H groups in total. The second-order valence-electron chi connectivity index (χ2n) is 6.62. The molecule has 2 amide bonds. The summed E-state index contributed by atoms with van der Waals surface area (Å²) in [6, 6.07) is 13.7. The van der Waals surface area contributed by atoms with Crippen molar-refractivity contribution in [1.29, 1.82) is 0 Å². The molecule has 1 atom stereocenters. The fraction of sp³-hybridized carbons (Fsp3) is 0.333. The van der Waals surface area contributed by atoms with Crippen molar-refractivity contribution in [1.82, 2.24) is 10.2 Å². The Morgan fingerprint density at radius 1 is 1.07 bits per heavy atom. The van der Waals surface area contributed by atoms with Crippen LogP contribution in [0.4, 0.5) is 10.1 Å². The van der Waals surface area contributed by atoms with E-state index in [4.69, 9.17) is 0 Å². The van der Waals surface area contributed by atoms with Crippen LogP contribution in [0.3, 0.4) is 0 Å². The molecule has 0 saturated heterocycles. The van der Waals surface area contributed by atoms with Crippen molar-refractivity contribution < 1.29 is 14.0 Å². The molecular formula is C21H26FN3O2. The molecule has 0 aliphatic carbocycles. The number of hydrogen-bond acceptors (Lipinski definition) is 3. The Balaban J connectivity index is 1.79. The number of likely N-dealkylation sites (N-methyl/N-ethyl adjacent to an activating group) is 1. The van der Waals surface area contributed by atoms with Crippen LogP contribution in [-0.4, -0.2) is 36.9 Å². The highest BCUT2D eigenvalue weighted by molar-refractivity contribution is 5.92. The van der Waals surface area contributed by atoms with Crippen molar-refractivity contribution in [2.24, 2.45) is 0 Å². The average molecular weight is 371 g/mol. The van der Waals surface area contributed by atoms with Gasteiger partial charge in [0.15, 0.2) is 0 Å². The lowest BCUT2D eigenvalue weighted by Gasteiger charge is -2.19. The SMILES string of the molecule is CCc1ccc(C(C)NC(=O)CN(C)CC(=O)Nc2cccc(F)c2)cc1. The van der Waals surface area contributed by atoms with Gasteiger partial charge in [0.05, 0.1) is 19.1 Å². The Bertz CT molecular complexity index is 777. The van der Waals surface area contributed by atoms with Crippen molar-refractivity contribution >= 4 is 17.5 Å². The standard InChI is InChI=1S/C21H26FN3O2/c1-4-16-8-10-17(11-9-16)15(2)23-20(26)13-25(3)14-21(27)24-19-7-5-6-18(22)12-19/h5-12,15H,4,13-14H2,1-3H3,(H,23,26)(H,24,27). The van der Waals surface area contributed by atoms with Gasteiger partial charge in [-0.25, -0.2) is 4.39 Å². The van der Waals surface area contributed by atoms with Crippen molar-refractivity contribution in [3.63, 3.8) is 0 Å². The van der Waals surface area contributed by atoms with Gasteiger partial charge in [0.2, 0.25) is 11.8 Å². The van der Waals surface area contributed by atoms with Gasteiger partial charge in [-0.1, -0.05) is 37.3 Å². The summed E-state index contributed by atoms with van der Waals surface area (Å²) in [5.74, 6) is -0.885. The first-order chi connectivity index (χ1) is 12.9. The summed E-state index contributed by atoms with van der Waals surface area (Å²) >= 11 is 0. The fourth-order valence-corrected chi connectivity index (χ4v) is 2.73. The van der Waals surface area contributed by atoms with E-state index in [1.165, 1.54) is 23.8 Å². The molecule has 0 saturated carbocycles. The molecule has 0 heterocycles. The van der Waals surface area contributed by atoms with E-state index in [0.29, 0.717) is 5.69 Å². The number of carbonyl (C=O) groups is 2. The number of anilines is 1. The number of carbonyl (C=O) groups excluding carboxylic acids is 2. The van der Waals surface area contributed by atoms with Crippen molar-refractivity contribution in [2.45, 2.75) is 26.3 Å². The molecule has 6 heteroatoms. The number of rotatable bonds is 8. The quantitative estimate of drug-likeness (QED) is 0.749.